The van der Waals surface area contributed by atoms with Crippen LogP contribution in [-0.4, -0.2) is 36.4 Å². The molecule has 25 heavy (non-hydrogen) atoms. The molecule has 0 saturated carbocycles. The highest BCUT2D eigenvalue weighted by atomic mass is 19.4. The van der Waals surface area contributed by atoms with Crippen molar-refractivity contribution in [3.63, 3.8) is 0 Å². The van der Waals surface area contributed by atoms with Crippen LogP contribution in [0.1, 0.15) is 32.3 Å². The standard InChI is InChI=1S/C16H19F3N2O4/c1-4-13(22)20(3)21(14(23)10-15(24)25-5-2)12-8-6-7-11(9-12)16(17,18)19/h6-9H,4-5,10H2,1-3H3. The summed E-state index contributed by atoms with van der Waals surface area (Å²) in [5.41, 5.74) is -1.15. The fourth-order valence-electron chi connectivity index (χ4n) is 2.05. The van der Waals surface area contributed by atoms with Gasteiger partial charge < -0.3 is 4.74 Å². The molecule has 0 atom stereocenters. The van der Waals surface area contributed by atoms with Crippen molar-refractivity contribution in [1.82, 2.24) is 5.01 Å². The number of hydrazine groups is 1. The van der Waals surface area contributed by atoms with E-state index in [1.165, 1.54) is 13.1 Å². The van der Waals surface area contributed by atoms with Crippen LogP contribution in [0.25, 0.3) is 0 Å². The molecule has 0 radical (unpaired) electrons. The summed E-state index contributed by atoms with van der Waals surface area (Å²) in [6.07, 6.45) is -5.29. The molecule has 0 N–H and O–H groups in total. The van der Waals surface area contributed by atoms with E-state index in [1.807, 2.05) is 0 Å². The summed E-state index contributed by atoms with van der Waals surface area (Å²) < 4.78 is 43.4. The van der Waals surface area contributed by atoms with Crippen molar-refractivity contribution in [2.24, 2.45) is 0 Å². The number of rotatable bonds is 5. The van der Waals surface area contributed by atoms with E-state index in [0.717, 1.165) is 28.2 Å². The van der Waals surface area contributed by atoms with Crippen LogP contribution in [-0.2, 0) is 25.3 Å². The summed E-state index contributed by atoms with van der Waals surface area (Å²) in [6.45, 7) is 3.15. The fraction of sp³-hybridized carbons (Fsp3) is 0.438. The Morgan fingerprint density at radius 2 is 1.76 bits per heavy atom. The molecule has 0 spiro atoms. The number of hydrogen-bond acceptors (Lipinski definition) is 4. The van der Waals surface area contributed by atoms with Gasteiger partial charge in [-0.3, -0.25) is 14.4 Å². The van der Waals surface area contributed by atoms with Gasteiger partial charge >= 0.3 is 12.1 Å². The lowest BCUT2D eigenvalue weighted by Crippen LogP contribution is -2.48. The summed E-state index contributed by atoms with van der Waals surface area (Å²) >= 11 is 0. The van der Waals surface area contributed by atoms with Gasteiger partial charge in [0.05, 0.1) is 17.9 Å². The Labute approximate surface area is 143 Å². The maximum absolute atomic E-state index is 12.9. The quantitative estimate of drug-likeness (QED) is 0.460. The number of esters is 1. The third kappa shape index (κ3) is 5.47. The topological polar surface area (TPSA) is 66.9 Å². The zero-order chi connectivity index (χ0) is 19.2. The molecule has 0 aromatic heterocycles. The van der Waals surface area contributed by atoms with Gasteiger partial charge in [0.25, 0.3) is 5.91 Å². The molecule has 0 aliphatic heterocycles. The van der Waals surface area contributed by atoms with E-state index < -0.39 is 35.9 Å². The van der Waals surface area contributed by atoms with Gasteiger partial charge in [-0.05, 0) is 25.1 Å². The molecular formula is C16H19F3N2O4. The largest absolute Gasteiger partial charge is 0.466 e. The Balaban J connectivity index is 3.25. The van der Waals surface area contributed by atoms with Crippen LogP contribution in [0, 0.1) is 0 Å². The highest BCUT2D eigenvalue weighted by Gasteiger charge is 2.32. The third-order valence-electron chi connectivity index (χ3n) is 3.22. The van der Waals surface area contributed by atoms with Crippen LogP contribution in [0.4, 0.5) is 18.9 Å². The SMILES string of the molecule is CCOC(=O)CC(=O)N(c1cccc(C(F)(F)F)c1)N(C)C(=O)CC. The minimum Gasteiger partial charge on any atom is -0.466 e. The van der Waals surface area contributed by atoms with E-state index in [2.05, 4.69) is 4.74 Å². The van der Waals surface area contributed by atoms with Gasteiger partial charge in [-0.1, -0.05) is 13.0 Å². The Hall–Kier alpha value is -2.58. The second-order valence-corrected chi connectivity index (χ2v) is 5.01. The number of halogens is 3. The minimum absolute atomic E-state index is 0.0264. The van der Waals surface area contributed by atoms with E-state index in [4.69, 9.17) is 0 Å². The van der Waals surface area contributed by atoms with Gasteiger partial charge in [0, 0.05) is 13.5 Å². The Morgan fingerprint density at radius 1 is 1.12 bits per heavy atom. The number of amides is 2. The molecule has 6 nitrogen and oxygen atoms in total. The van der Waals surface area contributed by atoms with Gasteiger partial charge in [-0.2, -0.15) is 13.2 Å². The van der Waals surface area contributed by atoms with Gasteiger partial charge in [-0.25, -0.2) is 10.0 Å². The summed E-state index contributed by atoms with van der Waals surface area (Å²) in [6, 6.07) is 3.95. The molecule has 0 fully saturated rings. The molecule has 1 aromatic rings. The molecule has 9 heteroatoms. The van der Waals surface area contributed by atoms with E-state index in [-0.39, 0.29) is 18.7 Å². The maximum Gasteiger partial charge on any atom is 0.416 e. The molecule has 0 bridgehead atoms. The lowest BCUT2D eigenvalue weighted by atomic mass is 10.2. The average molecular weight is 360 g/mol. The van der Waals surface area contributed by atoms with Gasteiger partial charge in [-0.15, -0.1) is 0 Å². The molecule has 0 aliphatic carbocycles. The highest BCUT2D eigenvalue weighted by Crippen LogP contribution is 2.32. The second kappa shape index (κ2) is 8.50. The molecule has 2 amide bonds. The number of alkyl halides is 3. The Bertz CT molecular complexity index is 647. The molecule has 0 aliphatic rings. The number of ether oxygens (including phenoxy) is 1. The smallest absolute Gasteiger partial charge is 0.416 e. The summed E-state index contributed by atoms with van der Waals surface area (Å²) in [4.78, 5) is 35.8. The second-order valence-electron chi connectivity index (χ2n) is 5.01. The molecular weight excluding hydrogens is 341 g/mol. The van der Waals surface area contributed by atoms with Gasteiger partial charge in [0.15, 0.2) is 0 Å². The molecule has 0 heterocycles. The number of carbonyl (C=O) groups is 3. The Kier molecular flexibility index (Phi) is 6.96. The zero-order valence-corrected chi connectivity index (χ0v) is 14.1. The zero-order valence-electron chi connectivity index (χ0n) is 14.1. The number of hydrogen-bond donors (Lipinski definition) is 0. The van der Waals surface area contributed by atoms with Crippen molar-refractivity contribution in [2.45, 2.75) is 32.9 Å². The van der Waals surface area contributed by atoms with E-state index in [0.29, 0.717) is 0 Å². The number of anilines is 1. The van der Waals surface area contributed by atoms with Gasteiger partial charge in [0.1, 0.15) is 6.42 Å². The minimum atomic E-state index is -4.61. The molecule has 0 unspecified atom stereocenters. The third-order valence-corrected chi connectivity index (χ3v) is 3.22. The first-order chi connectivity index (χ1) is 11.6. The van der Waals surface area contributed by atoms with E-state index >= 15 is 0 Å². The number of benzene rings is 1. The fourth-order valence-corrected chi connectivity index (χ4v) is 2.05. The molecule has 1 aromatic carbocycles. The first kappa shape index (κ1) is 20.5. The number of nitrogens with zero attached hydrogens (tertiary/aromatic N) is 2. The van der Waals surface area contributed by atoms with E-state index in [1.54, 1.807) is 13.8 Å². The summed E-state index contributed by atoms with van der Waals surface area (Å²) in [5.74, 6) is -2.21. The van der Waals surface area contributed by atoms with Crippen molar-refractivity contribution in [1.29, 1.82) is 0 Å². The molecule has 138 valence electrons. The predicted octanol–water partition coefficient (Wildman–Crippen LogP) is 2.78. The van der Waals surface area contributed by atoms with Crippen LogP contribution >= 0.6 is 0 Å². The Morgan fingerprint density at radius 3 is 2.28 bits per heavy atom. The maximum atomic E-state index is 12.9. The lowest BCUT2D eigenvalue weighted by Gasteiger charge is -2.32. The van der Waals surface area contributed by atoms with Crippen molar-refractivity contribution in [2.75, 3.05) is 18.7 Å². The van der Waals surface area contributed by atoms with Crippen LogP contribution in [0.2, 0.25) is 0 Å². The molecule has 0 saturated heterocycles. The summed E-state index contributed by atoms with van der Waals surface area (Å²) in [7, 11) is 1.25. The number of carbonyl (C=O) groups excluding carboxylic acids is 3. The lowest BCUT2D eigenvalue weighted by molar-refractivity contribution is -0.147. The van der Waals surface area contributed by atoms with Crippen molar-refractivity contribution < 1.29 is 32.3 Å². The highest BCUT2D eigenvalue weighted by molar-refractivity contribution is 6.04. The average Bonchev–Trinajstić information content (AvgIpc) is 2.53. The predicted molar refractivity (Wildman–Crippen MR) is 83.2 cm³/mol. The van der Waals surface area contributed by atoms with Crippen LogP contribution < -0.4 is 5.01 Å². The summed E-state index contributed by atoms with van der Waals surface area (Å²) in [5, 5.41) is 1.63. The normalized spacial score (nSPS) is 11.0. The van der Waals surface area contributed by atoms with Crippen molar-refractivity contribution in [3.05, 3.63) is 29.8 Å². The van der Waals surface area contributed by atoms with Crippen LogP contribution in [0.5, 0.6) is 0 Å². The van der Waals surface area contributed by atoms with Crippen LogP contribution in [0.3, 0.4) is 0 Å². The monoisotopic (exact) mass is 360 g/mol. The van der Waals surface area contributed by atoms with Crippen LogP contribution in [0.15, 0.2) is 24.3 Å². The first-order valence-electron chi connectivity index (χ1n) is 7.54. The van der Waals surface area contributed by atoms with Gasteiger partial charge in [0.2, 0.25) is 5.91 Å². The van der Waals surface area contributed by atoms with E-state index in [9.17, 15) is 27.6 Å². The van der Waals surface area contributed by atoms with Crippen molar-refractivity contribution in [3.8, 4) is 0 Å². The first-order valence-corrected chi connectivity index (χ1v) is 7.54. The molecule has 1 rings (SSSR count). The van der Waals surface area contributed by atoms with Crippen molar-refractivity contribution >= 4 is 23.5 Å².